The molecular weight excluding hydrogens is 412 g/mol. The maximum atomic E-state index is 11.9. The van der Waals surface area contributed by atoms with E-state index in [1.807, 2.05) is 16.3 Å². The van der Waals surface area contributed by atoms with Gasteiger partial charge in [-0.25, -0.2) is 4.98 Å². The lowest BCUT2D eigenvalue weighted by atomic mass is 9.81. The molecule has 4 rings (SSSR count). The summed E-state index contributed by atoms with van der Waals surface area (Å²) >= 11 is 5.14. The molecule has 7 heteroatoms. The van der Waals surface area contributed by atoms with Crippen LogP contribution in [-0.4, -0.2) is 35.4 Å². The number of likely N-dealkylation sites (tertiary alicyclic amines) is 1. The summed E-state index contributed by atoms with van der Waals surface area (Å²) in [4.78, 5) is 20.4. The number of rotatable bonds is 3. The Bertz CT molecular complexity index is 906. The SMILES string of the molecule is C=C=C(Nc1nccs1)N1C[C@]2(CCN(C(C)=O)C2)c2cc(Br)ccc21. The van der Waals surface area contributed by atoms with E-state index in [0.717, 1.165) is 47.2 Å². The molecule has 1 atom stereocenters. The van der Waals surface area contributed by atoms with E-state index >= 15 is 0 Å². The molecule has 0 radical (unpaired) electrons. The van der Waals surface area contributed by atoms with Crippen LogP contribution in [0.4, 0.5) is 10.8 Å². The number of nitrogens with one attached hydrogen (secondary N) is 1. The highest BCUT2D eigenvalue weighted by Gasteiger charge is 2.48. The standard InChI is InChI=1S/C19H19BrN4OS/c1-3-17(22-18-21-7-9-26-18)24-12-19(6-8-23(11-19)13(2)25)15-10-14(20)4-5-16(15)24/h4-5,7,9-10H,1,6,8,11-12H2,2H3,(H,21,22)/t19-/m1/s1. The van der Waals surface area contributed by atoms with Crippen LogP contribution in [0.3, 0.4) is 0 Å². The van der Waals surface area contributed by atoms with Crippen molar-refractivity contribution in [3.05, 3.63) is 57.9 Å². The molecule has 1 amide bonds. The minimum atomic E-state index is -0.0720. The molecule has 0 unspecified atom stereocenters. The highest BCUT2D eigenvalue weighted by Crippen LogP contribution is 2.48. The lowest BCUT2D eigenvalue weighted by molar-refractivity contribution is -0.127. The van der Waals surface area contributed by atoms with Gasteiger partial charge in [-0.2, -0.15) is 0 Å². The quantitative estimate of drug-likeness (QED) is 0.748. The maximum absolute atomic E-state index is 11.9. The second-order valence-corrected chi connectivity index (χ2v) is 8.52. The van der Waals surface area contributed by atoms with E-state index in [4.69, 9.17) is 0 Å². The van der Waals surface area contributed by atoms with Crippen molar-refractivity contribution in [1.29, 1.82) is 0 Å². The number of amides is 1. The average Bonchev–Trinajstić information content (AvgIpc) is 3.34. The normalized spacial score (nSPS) is 21.0. The Morgan fingerprint density at radius 3 is 2.96 bits per heavy atom. The van der Waals surface area contributed by atoms with Gasteiger partial charge in [0.1, 0.15) is 0 Å². The van der Waals surface area contributed by atoms with Crippen LogP contribution in [0.25, 0.3) is 0 Å². The Kier molecular flexibility index (Phi) is 4.39. The van der Waals surface area contributed by atoms with Crippen molar-refractivity contribution < 1.29 is 4.79 Å². The zero-order valence-corrected chi connectivity index (χ0v) is 16.9. The molecular formula is C19H19BrN4OS. The number of anilines is 2. The van der Waals surface area contributed by atoms with E-state index in [9.17, 15) is 4.79 Å². The second-order valence-electron chi connectivity index (χ2n) is 6.71. The van der Waals surface area contributed by atoms with Crippen LogP contribution in [0.5, 0.6) is 0 Å². The van der Waals surface area contributed by atoms with Gasteiger partial charge in [0.2, 0.25) is 5.91 Å². The molecule has 134 valence electrons. The monoisotopic (exact) mass is 430 g/mol. The number of hydrogen-bond acceptors (Lipinski definition) is 5. The van der Waals surface area contributed by atoms with Crippen molar-refractivity contribution in [2.45, 2.75) is 18.8 Å². The van der Waals surface area contributed by atoms with E-state index in [1.165, 1.54) is 16.9 Å². The number of fused-ring (bicyclic) bond motifs is 2. The minimum Gasteiger partial charge on any atom is -0.342 e. The molecule has 1 fully saturated rings. The summed E-state index contributed by atoms with van der Waals surface area (Å²) in [6.07, 6.45) is 2.72. The van der Waals surface area contributed by atoms with Crippen LogP contribution in [0.1, 0.15) is 18.9 Å². The minimum absolute atomic E-state index is 0.0720. The van der Waals surface area contributed by atoms with E-state index < -0.39 is 0 Å². The molecule has 5 nitrogen and oxygen atoms in total. The summed E-state index contributed by atoms with van der Waals surface area (Å²) < 4.78 is 1.05. The zero-order chi connectivity index (χ0) is 18.3. The van der Waals surface area contributed by atoms with Crippen LogP contribution in [0, 0.1) is 0 Å². The van der Waals surface area contributed by atoms with Crippen molar-refractivity contribution in [1.82, 2.24) is 9.88 Å². The van der Waals surface area contributed by atoms with Gasteiger partial charge in [0.15, 0.2) is 11.0 Å². The van der Waals surface area contributed by atoms with Gasteiger partial charge in [-0.1, -0.05) is 28.2 Å². The Labute approximate surface area is 165 Å². The predicted molar refractivity (Wildman–Crippen MR) is 108 cm³/mol. The van der Waals surface area contributed by atoms with E-state index in [-0.39, 0.29) is 11.3 Å². The molecule has 1 aromatic heterocycles. The van der Waals surface area contributed by atoms with Crippen LogP contribution in [0.2, 0.25) is 0 Å². The van der Waals surface area contributed by atoms with Gasteiger partial charge < -0.3 is 15.1 Å². The summed E-state index contributed by atoms with van der Waals surface area (Å²) in [5.74, 6) is 0.930. The lowest BCUT2D eigenvalue weighted by Crippen LogP contribution is -2.38. The first-order valence-electron chi connectivity index (χ1n) is 8.42. The predicted octanol–water partition coefficient (Wildman–Crippen LogP) is 3.95. The Balaban J connectivity index is 1.72. The number of nitrogens with zero attached hydrogens (tertiary/aromatic N) is 3. The van der Waals surface area contributed by atoms with Gasteiger partial charge in [0, 0.05) is 53.7 Å². The third kappa shape index (κ3) is 2.86. The first-order valence-corrected chi connectivity index (χ1v) is 10.1. The molecule has 0 aliphatic carbocycles. The van der Waals surface area contributed by atoms with Crippen LogP contribution in [0.15, 0.2) is 52.4 Å². The fourth-order valence-corrected chi connectivity index (χ4v) is 4.81. The third-order valence-corrected chi connectivity index (χ3v) is 6.36. The number of benzene rings is 1. The molecule has 0 saturated carbocycles. The van der Waals surface area contributed by atoms with Crippen LogP contribution >= 0.6 is 27.3 Å². The van der Waals surface area contributed by atoms with E-state index in [0.29, 0.717) is 0 Å². The lowest BCUT2D eigenvalue weighted by Gasteiger charge is -2.26. The highest BCUT2D eigenvalue weighted by molar-refractivity contribution is 9.10. The second kappa shape index (κ2) is 6.58. The maximum Gasteiger partial charge on any atom is 0.219 e. The molecule has 2 aromatic rings. The first-order chi connectivity index (χ1) is 12.5. The van der Waals surface area contributed by atoms with Crippen molar-refractivity contribution in [3.8, 4) is 0 Å². The third-order valence-electron chi connectivity index (χ3n) is 5.18. The summed E-state index contributed by atoms with van der Waals surface area (Å²) in [6.45, 7) is 7.84. The van der Waals surface area contributed by atoms with Gasteiger partial charge in [-0.05, 0) is 30.2 Å². The van der Waals surface area contributed by atoms with Gasteiger partial charge in [0.05, 0.1) is 0 Å². The van der Waals surface area contributed by atoms with Gasteiger partial charge in [-0.15, -0.1) is 11.3 Å². The van der Waals surface area contributed by atoms with Crippen molar-refractivity contribution in [2.75, 3.05) is 29.9 Å². The fourth-order valence-electron chi connectivity index (χ4n) is 3.92. The topological polar surface area (TPSA) is 48.5 Å². The molecule has 2 aliphatic heterocycles. The largest absolute Gasteiger partial charge is 0.342 e. The van der Waals surface area contributed by atoms with Crippen molar-refractivity contribution in [3.63, 3.8) is 0 Å². The number of carbonyl (C=O) groups excluding carboxylic acids is 1. The summed E-state index contributed by atoms with van der Waals surface area (Å²) in [6, 6.07) is 6.35. The molecule has 2 aliphatic rings. The van der Waals surface area contributed by atoms with Crippen molar-refractivity contribution in [2.24, 2.45) is 0 Å². The summed E-state index contributed by atoms with van der Waals surface area (Å²) in [7, 11) is 0. The number of carbonyl (C=O) groups is 1. The molecule has 3 heterocycles. The van der Waals surface area contributed by atoms with Gasteiger partial charge in [-0.3, -0.25) is 4.79 Å². The number of halogens is 1. The zero-order valence-electron chi connectivity index (χ0n) is 14.5. The first kappa shape index (κ1) is 17.3. The number of thiazole rings is 1. The Morgan fingerprint density at radius 1 is 1.46 bits per heavy atom. The van der Waals surface area contributed by atoms with E-state index in [2.05, 4.69) is 55.6 Å². The number of hydrogen-bond donors (Lipinski definition) is 1. The molecule has 26 heavy (non-hydrogen) atoms. The molecule has 1 aromatic carbocycles. The smallest absolute Gasteiger partial charge is 0.219 e. The average molecular weight is 431 g/mol. The highest BCUT2D eigenvalue weighted by atomic mass is 79.9. The molecule has 0 bridgehead atoms. The Hall–Kier alpha value is -2.08. The molecule has 1 N–H and O–H groups in total. The van der Waals surface area contributed by atoms with Crippen LogP contribution < -0.4 is 10.2 Å². The molecule has 1 saturated heterocycles. The number of aromatic nitrogens is 1. The summed E-state index contributed by atoms with van der Waals surface area (Å²) in [5, 5.41) is 6.07. The van der Waals surface area contributed by atoms with Crippen LogP contribution in [-0.2, 0) is 10.2 Å². The molecule has 1 spiro atoms. The van der Waals surface area contributed by atoms with Gasteiger partial charge in [0.25, 0.3) is 0 Å². The summed E-state index contributed by atoms with van der Waals surface area (Å²) in [5.41, 5.74) is 5.36. The van der Waals surface area contributed by atoms with E-state index in [1.54, 1.807) is 13.1 Å². The van der Waals surface area contributed by atoms with Gasteiger partial charge >= 0.3 is 0 Å². The fraction of sp³-hybridized carbons (Fsp3) is 0.316. The Morgan fingerprint density at radius 2 is 2.31 bits per heavy atom. The van der Waals surface area contributed by atoms with Crippen molar-refractivity contribution >= 4 is 44.0 Å².